The highest BCUT2D eigenvalue weighted by atomic mass is 16.3. The number of aliphatic hydroxyl groups is 1. The summed E-state index contributed by atoms with van der Waals surface area (Å²) in [5.41, 5.74) is 2.72. The van der Waals surface area contributed by atoms with Crippen LogP contribution in [0.3, 0.4) is 0 Å². The second-order valence-corrected chi connectivity index (χ2v) is 5.45. The Morgan fingerprint density at radius 3 is 2.35 bits per heavy atom. The Kier molecular flexibility index (Phi) is 5.06. The lowest BCUT2D eigenvalue weighted by Gasteiger charge is -2.22. The predicted octanol–water partition coefficient (Wildman–Crippen LogP) is 3.32. The molecule has 0 aliphatic heterocycles. The molecule has 3 rings (SSSR count). The van der Waals surface area contributed by atoms with E-state index in [0.717, 1.165) is 29.8 Å². The molecule has 0 saturated carbocycles. The molecule has 0 fully saturated rings. The van der Waals surface area contributed by atoms with E-state index in [1.807, 2.05) is 48.5 Å². The number of hydrogen-bond donors (Lipinski definition) is 1. The van der Waals surface area contributed by atoms with Crippen LogP contribution in [0.25, 0.3) is 0 Å². The molecule has 1 N–H and O–H groups in total. The molecule has 0 saturated heterocycles. The predicted molar refractivity (Wildman–Crippen MR) is 88.7 cm³/mol. The van der Waals surface area contributed by atoms with Gasteiger partial charge in [-0.3, -0.25) is 15.0 Å². The van der Waals surface area contributed by atoms with Crippen molar-refractivity contribution in [2.24, 2.45) is 0 Å². The van der Waals surface area contributed by atoms with Gasteiger partial charge in [0.05, 0.1) is 6.10 Å². The summed E-state index contributed by atoms with van der Waals surface area (Å²) in [5.74, 6) is -0.0950. The summed E-state index contributed by atoms with van der Waals surface area (Å²) in [5, 5.41) is 10.8. The maximum absolute atomic E-state index is 10.8. The van der Waals surface area contributed by atoms with Gasteiger partial charge in [-0.1, -0.05) is 18.2 Å². The normalized spacial score (nSPS) is 13.4. The molecular formula is C19H19N3O. The fraction of sp³-hybridized carbons (Fsp3) is 0.211. The molecule has 0 aliphatic carbocycles. The van der Waals surface area contributed by atoms with Gasteiger partial charge in [0.2, 0.25) is 0 Å². The van der Waals surface area contributed by atoms with E-state index < -0.39 is 6.10 Å². The lowest BCUT2D eigenvalue weighted by molar-refractivity contribution is 0.138. The number of aromatic nitrogens is 3. The maximum Gasteiger partial charge on any atom is 0.0888 e. The first-order valence-electron chi connectivity index (χ1n) is 7.73. The Balaban J connectivity index is 1.82. The summed E-state index contributed by atoms with van der Waals surface area (Å²) in [6, 6.07) is 15.4. The number of aliphatic hydroxyl groups excluding tert-OH is 1. The van der Waals surface area contributed by atoms with Crippen LogP contribution in [-0.2, 0) is 6.42 Å². The van der Waals surface area contributed by atoms with E-state index in [9.17, 15) is 5.11 Å². The zero-order valence-electron chi connectivity index (χ0n) is 12.8. The molecule has 0 bridgehead atoms. The number of pyridine rings is 3. The minimum absolute atomic E-state index is 0.0950. The summed E-state index contributed by atoms with van der Waals surface area (Å²) >= 11 is 0. The Morgan fingerprint density at radius 1 is 0.870 bits per heavy atom. The summed E-state index contributed by atoms with van der Waals surface area (Å²) < 4.78 is 0. The Hall–Kier alpha value is -2.59. The van der Waals surface area contributed by atoms with Crippen LogP contribution in [0.4, 0.5) is 0 Å². The fourth-order valence-electron chi connectivity index (χ4n) is 2.70. The van der Waals surface area contributed by atoms with Crippen molar-refractivity contribution in [3.05, 3.63) is 90.3 Å². The molecule has 0 amide bonds. The summed E-state index contributed by atoms with van der Waals surface area (Å²) in [6.45, 7) is 0. The van der Waals surface area contributed by atoms with Crippen molar-refractivity contribution in [3.63, 3.8) is 0 Å². The summed E-state index contributed by atoms with van der Waals surface area (Å²) in [6.07, 6.45) is 7.90. The minimum atomic E-state index is -0.637. The van der Waals surface area contributed by atoms with Crippen LogP contribution in [0, 0.1) is 0 Å². The van der Waals surface area contributed by atoms with Gasteiger partial charge in [-0.25, -0.2) is 0 Å². The lowest BCUT2D eigenvalue weighted by Crippen LogP contribution is -2.14. The fourth-order valence-corrected chi connectivity index (χ4v) is 2.70. The monoisotopic (exact) mass is 305 g/mol. The second-order valence-electron chi connectivity index (χ2n) is 5.45. The molecule has 0 unspecified atom stereocenters. The SMILES string of the molecule is O[C@H](c1cccnc1)[C@H](CCc1ccccn1)c1ccccn1. The molecule has 3 heterocycles. The quantitative estimate of drug-likeness (QED) is 0.759. The van der Waals surface area contributed by atoms with Gasteiger partial charge in [-0.2, -0.15) is 0 Å². The van der Waals surface area contributed by atoms with Gasteiger partial charge in [-0.15, -0.1) is 0 Å². The molecule has 0 aliphatic rings. The zero-order chi connectivity index (χ0) is 15.9. The van der Waals surface area contributed by atoms with Gasteiger partial charge >= 0.3 is 0 Å². The molecule has 2 atom stereocenters. The molecule has 116 valence electrons. The average molecular weight is 305 g/mol. The molecular weight excluding hydrogens is 286 g/mol. The van der Waals surface area contributed by atoms with Gasteiger partial charge in [0.1, 0.15) is 0 Å². The molecule has 0 aromatic carbocycles. The molecule has 0 radical (unpaired) electrons. The van der Waals surface area contributed by atoms with Crippen molar-refractivity contribution in [1.82, 2.24) is 15.0 Å². The second kappa shape index (κ2) is 7.61. The van der Waals surface area contributed by atoms with Crippen molar-refractivity contribution < 1.29 is 5.11 Å². The van der Waals surface area contributed by atoms with Crippen LogP contribution in [0.5, 0.6) is 0 Å². The number of rotatable bonds is 6. The highest BCUT2D eigenvalue weighted by Gasteiger charge is 2.24. The van der Waals surface area contributed by atoms with Crippen LogP contribution in [0.15, 0.2) is 73.3 Å². The summed E-state index contributed by atoms with van der Waals surface area (Å²) in [7, 11) is 0. The largest absolute Gasteiger partial charge is 0.388 e. The van der Waals surface area contributed by atoms with Gasteiger partial charge < -0.3 is 5.11 Å². The van der Waals surface area contributed by atoms with E-state index in [-0.39, 0.29) is 5.92 Å². The van der Waals surface area contributed by atoms with Crippen molar-refractivity contribution >= 4 is 0 Å². The van der Waals surface area contributed by atoms with Crippen molar-refractivity contribution in [2.45, 2.75) is 24.9 Å². The third kappa shape index (κ3) is 3.99. The Bertz CT molecular complexity index is 704. The number of hydrogen-bond acceptors (Lipinski definition) is 4. The molecule has 3 aromatic heterocycles. The van der Waals surface area contributed by atoms with Crippen LogP contribution in [0.1, 0.15) is 35.4 Å². The number of nitrogens with zero attached hydrogens (tertiary/aromatic N) is 3. The van der Waals surface area contributed by atoms with E-state index in [4.69, 9.17) is 0 Å². The van der Waals surface area contributed by atoms with E-state index in [1.165, 1.54) is 0 Å². The van der Waals surface area contributed by atoms with Gasteiger partial charge in [0.25, 0.3) is 0 Å². The molecule has 23 heavy (non-hydrogen) atoms. The standard InChI is InChI=1S/C19H19N3O/c23-19(15-6-5-11-20-14-15)17(18-8-2-4-13-22-18)10-9-16-7-1-3-12-21-16/h1-8,11-14,17,19,23H,9-10H2/t17-,19-/m1/s1. The van der Waals surface area contributed by atoms with E-state index in [0.29, 0.717) is 0 Å². The van der Waals surface area contributed by atoms with Crippen molar-refractivity contribution in [2.75, 3.05) is 0 Å². The highest BCUT2D eigenvalue weighted by Crippen LogP contribution is 2.33. The van der Waals surface area contributed by atoms with Crippen LogP contribution < -0.4 is 0 Å². The Morgan fingerprint density at radius 2 is 1.70 bits per heavy atom. The maximum atomic E-state index is 10.8. The van der Waals surface area contributed by atoms with Crippen molar-refractivity contribution in [3.8, 4) is 0 Å². The first-order valence-corrected chi connectivity index (χ1v) is 7.73. The van der Waals surface area contributed by atoms with Gasteiger partial charge in [-0.05, 0) is 48.7 Å². The number of aryl methyl sites for hydroxylation is 1. The Labute approximate surface area is 135 Å². The highest BCUT2D eigenvalue weighted by molar-refractivity contribution is 5.20. The third-order valence-electron chi connectivity index (χ3n) is 3.91. The zero-order valence-corrected chi connectivity index (χ0v) is 12.8. The smallest absolute Gasteiger partial charge is 0.0888 e. The molecule has 0 spiro atoms. The van der Waals surface area contributed by atoms with Gasteiger partial charge in [0, 0.05) is 42.1 Å². The average Bonchev–Trinajstić information content (AvgIpc) is 2.64. The summed E-state index contributed by atoms with van der Waals surface area (Å²) in [4.78, 5) is 12.9. The van der Waals surface area contributed by atoms with Gasteiger partial charge in [0.15, 0.2) is 0 Å². The third-order valence-corrected chi connectivity index (χ3v) is 3.91. The molecule has 4 heteroatoms. The topological polar surface area (TPSA) is 58.9 Å². The van der Waals surface area contributed by atoms with E-state index in [1.54, 1.807) is 24.8 Å². The first kappa shape index (κ1) is 15.3. The van der Waals surface area contributed by atoms with E-state index in [2.05, 4.69) is 15.0 Å². The van der Waals surface area contributed by atoms with Crippen molar-refractivity contribution in [1.29, 1.82) is 0 Å². The van der Waals surface area contributed by atoms with Crippen LogP contribution in [0.2, 0.25) is 0 Å². The minimum Gasteiger partial charge on any atom is -0.388 e. The van der Waals surface area contributed by atoms with Crippen LogP contribution >= 0.6 is 0 Å². The van der Waals surface area contributed by atoms with Crippen LogP contribution in [-0.4, -0.2) is 20.1 Å². The molecule has 4 nitrogen and oxygen atoms in total. The first-order chi connectivity index (χ1) is 11.3. The lowest BCUT2D eigenvalue weighted by atomic mass is 9.88. The van der Waals surface area contributed by atoms with E-state index >= 15 is 0 Å². The molecule has 3 aromatic rings.